The van der Waals surface area contributed by atoms with Crippen LogP contribution in [-0.4, -0.2) is 0 Å². The van der Waals surface area contributed by atoms with Crippen LogP contribution in [-0.2, 0) is 6.54 Å². The predicted molar refractivity (Wildman–Crippen MR) is 77.4 cm³/mol. The fraction of sp³-hybridized carbons (Fsp3) is 0.200. The highest BCUT2D eigenvalue weighted by Gasteiger charge is 2.01. The molecule has 0 amide bonds. The third-order valence-corrected chi connectivity index (χ3v) is 3.51. The van der Waals surface area contributed by atoms with Gasteiger partial charge in [0.1, 0.15) is 0 Å². The largest absolute Gasteiger partial charge is 0.380 e. The fourth-order valence-corrected chi connectivity index (χ4v) is 2.40. The van der Waals surface area contributed by atoms with Crippen LogP contribution in [0.1, 0.15) is 16.7 Å². The number of benzene rings is 2. The van der Waals surface area contributed by atoms with Gasteiger partial charge in [0.05, 0.1) is 0 Å². The smallest absolute Gasteiger partial charge is 0.0487 e. The molecule has 0 aliphatic carbocycles. The first-order chi connectivity index (χ1) is 8.16. The Morgan fingerprint density at radius 2 is 1.82 bits per heavy atom. The average molecular weight is 290 g/mol. The zero-order chi connectivity index (χ0) is 12.3. The number of hydrogen-bond acceptors (Lipinski definition) is 1. The van der Waals surface area contributed by atoms with Crippen LogP contribution in [0.2, 0.25) is 0 Å². The van der Waals surface area contributed by atoms with Crippen molar-refractivity contribution in [2.24, 2.45) is 0 Å². The second-order valence-electron chi connectivity index (χ2n) is 4.26. The summed E-state index contributed by atoms with van der Waals surface area (Å²) in [5.41, 5.74) is 5.06. The fourth-order valence-electron chi connectivity index (χ4n) is 1.76. The highest BCUT2D eigenvalue weighted by Crippen LogP contribution is 2.24. The standard InChI is InChI=1S/C15H16BrN/c1-11-7-8-15(14(16)9-11)17-10-13-6-4-3-5-12(13)2/h3-9,17H,10H2,1-2H3. The first kappa shape index (κ1) is 12.2. The minimum absolute atomic E-state index is 0.855. The molecule has 0 saturated heterocycles. The topological polar surface area (TPSA) is 12.0 Å². The normalized spacial score (nSPS) is 10.3. The molecule has 0 radical (unpaired) electrons. The summed E-state index contributed by atoms with van der Waals surface area (Å²) in [4.78, 5) is 0. The van der Waals surface area contributed by atoms with Crippen LogP contribution < -0.4 is 5.32 Å². The van der Waals surface area contributed by atoms with E-state index in [0.29, 0.717) is 0 Å². The summed E-state index contributed by atoms with van der Waals surface area (Å²) >= 11 is 3.58. The number of nitrogens with one attached hydrogen (secondary N) is 1. The van der Waals surface area contributed by atoms with Crippen molar-refractivity contribution in [1.82, 2.24) is 0 Å². The Labute approximate surface area is 111 Å². The Hall–Kier alpha value is -1.28. The van der Waals surface area contributed by atoms with Crippen molar-refractivity contribution in [3.8, 4) is 0 Å². The zero-order valence-electron chi connectivity index (χ0n) is 10.1. The molecular weight excluding hydrogens is 274 g/mol. The van der Waals surface area contributed by atoms with Gasteiger partial charge in [0.25, 0.3) is 0 Å². The van der Waals surface area contributed by atoms with Crippen molar-refractivity contribution in [3.63, 3.8) is 0 Å². The van der Waals surface area contributed by atoms with Gasteiger partial charge in [0, 0.05) is 16.7 Å². The van der Waals surface area contributed by atoms with E-state index in [9.17, 15) is 0 Å². The molecule has 0 aliphatic heterocycles. The predicted octanol–water partition coefficient (Wildman–Crippen LogP) is 4.68. The van der Waals surface area contributed by atoms with E-state index in [-0.39, 0.29) is 0 Å². The van der Waals surface area contributed by atoms with Gasteiger partial charge in [-0.1, -0.05) is 30.3 Å². The summed E-state index contributed by atoms with van der Waals surface area (Å²) in [6.07, 6.45) is 0. The minimum atomic E-state index is 0.855. The van der Waals surface area contributed by atoms with Crippen molar-refractivity contribution in [2.45, 2.75) is 20.4 Å². The molecule has 0 aromatic heterocycles. The summed E-state index contributed by atoms with van der Waals surface area (Å²) in [5.74, 6) is 0. The monoisotopic (exact) mass is 289 g/mol. The minimum Gasteiger partial charge on any atom is -0.380 e. The lowest BCUT2D eigenvalue weighted by Gasteiger charge is -2.11. The maximum atomic E-state index is 3.58. The lowest BCUT2D eigenvalue weighted by Crippen LogP contribution is -2.01. The maximum Gasteiger partial charge on any atom is 0.0487 e. The zero-order valence-corrected chi connectivity index (χ0v) is 11.7. The highest BCUT2D eigenvalue weighted by molar-refractivity contribution is 9.10. The third-order valence-electron chi connectivity index (χ3n) is 2.86. The van der Waals surface area contributed by atoms with E-state index >= 15 is 0 Å². The lowest BCUT2D eigenvalue weighted by molar-refractivity contribution is 1.11. The van der Waals surface area contributed by atoms with Gasteiger partial charge in [-0.3, -0.25) is 0 Å². The molecule has 0 bridgehead atoms. The summed E-state index contributed by atoms with van der Waals surface area (Å²) < 4.78 is 1.12. The molecule has 0 saturated carbocycles. The van der Waals surface area contributed by atoms with E-state index in [1.807, 2.05) is 0 Å². The van der Waals surface area contributed by atoms with Crippen LogP contribution in [0, 0.1) is 13.8 Å². The van der Waals surface area contributed by atoms with E-state index in [4.69, 9.17) is 0 Å². The number of aryl methyl sites for hydroxylation is 2. The molecule has 88 valence electrons. The lowest BCUT2D eigenvalue weighted by atomic mass is 10.1. The quantitative estimate of drug-likeness (QED) is 0.865. The molecular formula is C15H16BrN. The van der Waals surface area contributed by atoms with Crippen molar-refractivity contribution in [2.75, 3.05) is 5.32 Å². The molecule has 0 fully saturated rings. The maximum absolute atomic E-state index is 3.58. The van der Waals surface area contributed by atoms with Crippen LogP contribution in [0.25, 0.3) is 0 Å². The molecule has 2 aromatic rings. The number of anilines is 1. The second-order valence-corrected chi connectivity index (χ2v) is 5.12. The van der Waals surface area contributed by atoms with Gasteiger partial charge in [-0.25, -0.2) is 0 Å². The molecule has 2 aromatic carbocycles. The van der Waals surface area contributed by atoms with Crippen LogP contribution in [0.4, 0.5) is 5.69 Å². The Kier molecular flexibility index (Phi) is 3.85. The average Bonchev–Trinajstić information content (AvgIpc) is 2.30. The molecule has 1 N–H and O–H groups in total. The molecule has 0 aliphatic rings. The van der Waals surface area contributed by atoms with E-state index < -0.39 is 0 Å². The molecule has 0 unspecified atom stereocenters. The molecule has 2 rings (SSSR count). The van der Waals surface area contributed by atoms with Gasteiger partial charge in [-0.2, -0.15) is 0 Å². The first-order valence-electron chi connectivity index (χ1n) is 5.71. The number of hydrogen-bond donors (Lipinski definition) is 1. The molecule has 2 heteroatoms. The van der Waals surface area contributed by atoms with Gasteiger partial charge in [-0.15, -0.1) is 0 Å². The summed E-state index contributed by atoms with van der Waals surface area (Å²) in [7, 11) is 0. The van der Waals surface area contributed by atoms with Crippen LogP contribution in [0.15, 0.2) is 46.9 Å². The van der Waals surface area contributed by atoms with E-state index in [2.05, 4.69) is 77.6 Å². The molecule has 0 heterocycles. The molecule has 0 spiro atoms. The van der Waals surface area contributed by atoms with Crippen LogP contribution in [0.3, 0.4) is 0 Å². The summed E-state index contributed by atoms with van der Waals surface area (Å²) in [5, 5.41) is 3.45. The second kappa shape index (κ2) is 5.37. The van der Waals surface area contributed by atoms with Crippen molar-refractivity contribution in [3.05, 3.63) is 63.6 Å². The van der Waals surface area contributed by atoms with E-state index in [0.717, 1.165) is 16.7 Å². The Bertz CT molecular complexity index is 520. The van der Waals surface area contributed by atoms with Gasteiger partial charge >= 0.3 is 0 Å². The van der Waals surface area contributed by atoms with Gasteiger partial charge < -0.3 is 5.32 Å². The van der Waals surface area contributed by atoms with Crippen molar-refractivity contribution in [1.29, 1.82) is 0 Å². The SMILES string of the molecule is Cc1ccc(NCc2ccccc2C)c(Br)c1. The first-order valence-corrected chi connectivity index (χ1v) is 6.50. The molecule has 1 nitrogen and oxygen atoms in total. The molecule has 17 heavy (non-hydrogen) atoms. The van der Waals surface area contributed by atoms with Gasteiger partial charge in [-0.05, 0) is 58.6 Å². The van der Waals surface area contributed by atoms with E-state index in [1.165, 1.54) is 16.7 Å². The Morgan fingerprint density at radius 3 is 2.53 bits per heavy atom. The van der Waals surface area contributed by atoms with Gasteiger partial charge in [0.15, 0.2) is 0 Å². The summed E-state index contributed by atoms with van der Waals surface area (Å²) in [6, 6.07) is 14.8. The van der Waals surface area contributed by atoms with Gasteiger partial charge in [0.2, 0.25) is 0 Å². The van der Waals surface area contributed by atoms with Crippen molar-refractivity contribution < 1.29 is 0 Å². The summed E-state index contributed by atoms with van der Waals surface area (Å²) in [6.45, 7) is 5.09. The van der Waals surface area contributed by atoms with Crippen LogP contribution >= 0.6 is 15.9 Å². The van der Waals surface area contributed by atoms with Crippen LogP contribution in [0.5, 0.6) is 0 Å². The highest BCUT2D eigenvalue weighted by atomic mass is 79.9. The third kappa shape index (κ3) is 3.10. The number of halogens is 1. The Balaban J connectivity index is 2.10. The Morgan fingerprint density at radius 1 is 1.06 bits per heavy atom. The molecule has 0 atom stereocenters. The van der Waals surface area contributed by atoms with E-state index in [1.54, 1.807) is 0 Å². The van der Waals surface area contributed by atoms with Crippen molar-refractivity contribution >= 4 is 21.6 Å². The number of rotatable bonds is 3.